The van der Waals surface area contributed by atoms with Crippen LogP contribution in [0.2, 0.25) is 0 Å². The number of rotatable bonds is 1. The average molecular weight is 259 g/mol. The maximum absolute atomic E-state index is 12.5. The Labute approximate surface area is 114 Å². The summed E-state index contributed by atoms with van der Waals surface area (Å²) in [5.74, 6) is 1.20. The molecule has 2 atom stereocenters. The number of nitrogens with zero attached hydrogens (tertiary/aromatic N) is 1. The lowest BCUT2D eigenvalue weighted by Crippen LogP contribution is -2.33. The molecule has 1 aromatic carbocycles. The van der Waals surface area contributed by atoms with Crippen molar-refractivity contribution >= 4 is 5.91 Å². The Bertz CT molecular complexity index is 504. The predicted octanol–water partition coefficient (Wildman–Crippen LogP) is 3.16. The summed E-state index contributed by atoms with van der Waals surface area (Å²) < 4.78 is 5.94. The minimum atomic E-state index is 0.0359. The number of likely N-dealkylation sites (tertiary alicyclic amines) is 1. The summed E-state index contributed by atoms with van der Waals surface area (Å²) in [7, 11) is 0. The van der Waals surface area contributed by atoms with E-state index in [0.29, 0.717) is 6.42 Å². The number of benzene rings is 1. The second-order valence-electron chi connectivity index (χ2n) is 6.81. The van der Waals surface area contributed by atoms with Crippen LogP contribution in [-0.2, 0) is 4.79 Å². The second-order valence-corrected chi connectivity index (χ2v) is 6.81. The molecule has 2 bridgehead atoms. The molecule has 0 spiro atoms. The van der Waals surface area contributed by atoms with Crippen LogP contribution in [0.3, 0.4) is 0 Å². The van der Waals surface area contributed by atoms with Crippen LogP contribution in [0, 0.1) is 5.41 Å². The third-order valence-corrected chi connectivity index (χ3v) is 3.84. The number of fused-ring (bicyclic) bond motifs is 4. The molecule has 3 heteroatoms. The first-order chi connectivity index (χ1) is 8.94. The van der Waals surface area contributed by atoms with Gasteiger partial charge in [-0.2, -0.15) is 0 Å². The Morgan fingerprint density at radius 1 is 1.37 bits per heavy atom. The van der Waals surface area contributed by atoms with Crippen molar-refractivity contribution in [3.63, 3.8) is 0 Å². The van der Waals surface area contributed by atoms with Crippen molar-refractivity contribution < 1.29 is 9.53 Å². The Balaban J connectivity index is 1.85. The van der Waals surface area contributed by atoms with E-state index in [1.54, 1.807) is 0 Å². The monoisotopic (exact) mass is 259 g/mol. The summed E-state index contributed by atoms with van der Waals surface area (Å²) in [6, 6.07) is 8.31. The fraction of sp³-hybridized carbons (Fsp3) is 0.562. The zero-order chi connectivity index (χ0) is 13.6. The Morgan fingerprint density at radius 2 is 2.11 bits per heavy atom. The molecule has 2 aliphatic heterocycles. The van der Waals surface area contributed by atoms with Gasteiger partial charge in [0.05, 0.1) is 12.6 Å². The quantitative estimate of drug-likeness (QED) is 0.775. The van der Waals surface area contributed by atoms with Crippen LogP contribution >= 0.6 is 0 Å². The summed E-state index contributed by atoms with van der Waals surface area (Å²) in [5.41, 5.74) is 1.20. The van der Waals surface area contributed by atoms with Crippen molar-refractivity contribution in [1.29, 1.82) is 0 Å². The van der Waals surface area contributed by atoms with Crippen molar-refractivity contribution in [3.8, 4) is 5.75 Å². The zero-order valence-corrected chi connectivity index (χ0v) is 11.8. The van der Waals surface area contributed by atoms with Crippen molar-refractivity contribution in [2.45, 2.75) is 45.8 Å². The van der Waals surface area contributed by atoms with Gasteiger partial charge in [0, 0.05) is 18.4 Å². The van der Waals surface area contributed by atoms with Crippen LogP contribution in [0.5, 0.6) is 5.75 Å². The molecule has 0 unspecified atom stereocenters. The molecule has 0 N–H and O–H groups in total. The highest BCUT2D eigenvalue weighted by atomic mass is 16.5. The molecule has 0 aromatic heterocycles. The SMILES string of the molecule is CC(C)(C)CC(=O)N1C[C@@H]2C[C@H]1c1ccccc1O2. The normalized spacial score (nSPS) is 24.9. The van der Waals surface area contributed by atoms with Crippen LogP contribution in [-0.4, -0.2) is 23.5 Å². The topological polar surface area (TPSA) is 29.5 Å². The predicted molar refractivity (Wildman–Crippen MR) is 74.0 cm³/mol. The van der Waals surface area contributed by atoms with Gasteiger partial charge in [-0.15, -0.1) is 0 Å². The van der Waals surface area contributed by atoms with Gasteiger partial charge in [0.1, 0.15) is 11.9 Å². The number of amides is 1. The summed E-state index contributed by atoms with van der Waals surface area (Å²) in [4.78, 5) is 14.5. The third kappa shape index (κ3) is 2.34. The molecular formula is C16H21NO2. The van der Waals surface area contributed by atoms with Crippen molar-refractivity contribution in [1.82, 2.24) is 4.90 Å². The first-order valence-corrected chi connectivity index (χ1v) is 6.99. The standard InChI is InChI=1S/C16H21NO2/c1-16(2,3)9-15(18)17-10-11-8-13(17)12-6-4-5-7-14(12)19-11/h4-7,11,13H,8-10H2,1-3H3/t11-,13-/m0/s1. The lowest BCUT2D eigenvalue weighted by atomic mass is 9.91. The van der Waals surface area contributed by atoms with Crippen LogP contribution in [0.4, 0.5) is 0 Å². The molecule has 1 amide bonds. The van der Waals surface area contributed by atoms with Crippen LogP contribution < -0.4 is 4.74 Å². The molecule has 0 saturated carbocycles. The van der Waals surface area contributed by atoms with Crippen LogP contribution in [0.25, 0.3) is 0 Å². The second kappa shape index (κ2) is 4.26. The number of hydrogen-bond acceptors (Lipinski definition) is 2. The molecular weight excluding hydrogens is 238 g/mol. The summed E-state index contributed by atoms with van der Waals surface area (Å²) in [6.45, 7) is 7.06. The van der Waals surface area contributed by atoms with Crippen LogP contribution in [0.1, 0.15) is 45.2 Å². The number of carbonyl (C=O) groups is 1. The van der Waals surface area contributed by atoms with Gasteiger partial charge in [-0.05, 0) is 11.5 Å². The Kier molecular flexibility index (Phi) is 2.80. The van der Waals surface area contributed by atoms with E-state index in [0.717, 1.165) is 18.7 Å². The van der Waals surface area contributed by atoms with Crippen molar-refractivity contribution in [2.75, 3.05) is 6.54 Å². The Morgan fingerprint density at radius 3 is 2.84 bits per heavy atom. The first-order valence-electron chi connectivity index (χ1n) is 6.99. The first kappa shape index (κ1) is 12.5. The summed E-state index contributed by atoms with van der Waals surface area (Å²) in [6.07, 6.45) is 1.70. The van der Waals surface area contributed by atoms with E-state index in [9.17, 15) is 4.79 Å². The van der Waals surface area contributed by atoms with E-state index in [2.05, 4.69) is 26.8 Å². The summed E-state index contributed by atoms with van der Waals surface area (Å²) >= 11 is 0. The minimum absolute atomic E-state index is 0.0359. The van der Waals surface area contributed by atoms with E-state index in [4.69, 9.17) is 4.74 Å². The van der Waals surface area contributed by atoms with E-state index in [1.165, 1.54) is 5.56 Å². The minimum Gasteiger partial charge on any atom is -0.488 e. The summed E-state index contributed by atoms with van der Waals surface area (Å²) in [5, 5.41) is 0. The highest BCUT2D eigenvalue weighted by Crippen LogP contribution is 2.43. The molecule has 0 radical (unpaired) electrons. The lowest BCUT2D eigenvalue weighted by molar-refractivity contribution is -0.134. The number of hydrogen-bond donors (Lipinski definition) is 0. The van der Waals surface area contributed by atoms with E-state index in [-0.39, 0.29) is 23.5 Å². The third-order valence-electron chi connectivity index (χ3n) is 3.84. The van der Waals surface area contributed by atoms with Crippen molar-refractivity contribution in [3.05, 3.63) is 29.8 Å². The van der Waals surface area contributed by atoms with Gasteiger partial charge >= 0.3 is 0 Å². The van der Waals surface area contributed by atoms with Gasteiger partial charge in [-0.25, -0.2) is 0 Å². The van der Waals surface area contributed by atoms with Gasteiger partial charge in [0.15, 0.2) is 0 Å². The largest absolute Gasteiger partial charge is 0.488 e. The molecule has 3 rings (SSSR count). The number of carbonyl (C=O) groups excluding carboxylic acids is 1. The Hall–Kier alpha value is -1.51. The molecule has 1 aromatic rings. The maximum atomic E-state index is 12.5. The fourth-order valence-electron chi connectivity index (χ4n) is 3.05. The number of para-hydroxylation sites is 1. The molecule has 1 fully saturated rings. The van der Waals surface area contributed by atoms with Crippen molar-refractivity contribution in [2.24, 2.45) is 5.41 Å². The zero-order valence-electron chi connectivity index (χ0n) is 11.8. The molecule has 3 nitrogen and oxygen atoms in total. The lowest BCUT2D eigenvalue weighted by Gasteiger charge is -2.28. The highest BCUT2D eigenvalue weighted by molar-refractivity contribution is 5.78. The van der Waals surface area contributed by atoms with E-state index >= 15 is 0 Å². The smallest absolute Gasteiger partial charge is 0.223 e. The van der Waals surface area contributed by atoms with Gasteiger partial charge in [-0.1, -0.05) is 39.0 Å². The molecule has 19 heavy (non-hydrogen) atoms. The van der Waals surface area contributed by atoms with Gasteiger partial charge in [0.25, 0.3) is 0 Å². The molecule has 2 heterocycles. The van der Waals surface area contributed by atoms with E-state index < -0.39 is 0 Å². The van der Waals surface area contributed by atoms with Gasteiger partial charge in [-0.3, -0.25) is 4.79 Å². The highest BCUT2D eigenvalue weighted by Gasteiger charge is 2.42. The molecule has 0 aliphatic carbocycles. The fourth-order valence-corrected chi connectivity index (χ4v) is 3.05. The molecule has 2 aliphatic rings. The number of ether oxygens (including phenoxy) is 1. The van der Waals surface area contributed by atoms with E-state index in [1.807, 2.05) is 23.1 Å². The maximum Gasteiger partial charge on any atom is 0.223 e. The van der Waals surface area contributed by atoms with Gasteiger partial charge < -0.3 is 9.64 Å². The van der Waals surface area contributed by atoms with Crippen LogP contribution in [0.15, 0.2) is 24.3 Å². The van der Waals surface area contributed by atoms with Gasteiger partial charge in [0.2, 0.25) is 5.91 Å². The average Bonchev–Trinajstić information content (AvgIpc) is 2.66. The molecule has 1 saturated heterocycles. The molecule has 102 valence electrons.